The first-order chi connectivity index (χ1) is 9.58. The second kappa shape index (κ2) is 5.58. The van der Waals surface area contributed by atoms with Gasteiger partial charge >= 0.3 is 0 Å². The molecular weight excluding hydrogens is 242 g/mol. The van der Waals surface area contributed by atoms with Crippen molar-refractivity contribution in [3.8, 4) is 0 Å². The monoisotopic (exact) mass is 273 g/mol. The van der Waals surface area contributed by atoms with Gasteiger partial charge in [-0.2, -0.15) is 0 Å². The normalized spacial score (nSPS) is 27.4. The van der Waals surface area contributed by atoms with Crippen molar-refractivity contribution < 1.29 is 0 Å². The topological polar surface area (TPSA) is 3.24 Å². The van der Waals surface area contributed by atoms with Gasteiger partial charge in [0.1, 0.15) is 0 Å². The van der Waals surface area contributed by atoms with E-state index in [-0.39, 0.29) is 5.54 Å². The fourth-order valence-corrected chi connectivity index (χ4v) is 4.63. The third-order valence-electron chi connectivity index (χ3n) is 5.67. The molecule has 1 nitrogen and oxygen atoms in total. The lowest BCUT2D eigenvalue weighted by molar-refractivity contribution is 0.148. The average molecular weight is 273 g/mol. The lowest BCUT2D eigenvalue weighted by Gasteiger charge is -2.48. The fraction of sp³-hybridized carbons (Fsp3) is 0.789. The zero-order valence-electron chi connectivity index (χ0n) is 13.7. The number of allylic oxidation sites excluding steroid dienone is 3. The van der Waals surface area contributed by atoms with Crippen molar-refractivity contribution in [3.63, 3.8) is 0 Å². The largest absolute Gasteiger partial charge is 0.366 e. The van der Waals surface area contributed by atoms with Gasteiger partial charge in [0.15, 0.2) is 0 Å². The van der Waals surface area contributed by atoms with E-state index in [4.69, 9.17) is 0 Å². The van der Waals surface area contributed by atoms with Crippen LogP contribution in [0.4, 0.5) is 0 Å². The Hall–Kier alpha value is -0.720. The van der Waals surface area contributed by atoms with Crippen molar-refractivity contribution in [2.45, 2.75) is 84.1 Å². The molecule has 3 rings (SSSR count). The summed E-state index contributed by atoms with van der Waals surface area (Å²) in [6.45, 7) is 8.46. The lowest BCUT2D eigenvalue weighted by Crippen LogP contribution is -2.47. The van der Waals surface area contributed by atoms with Crippen molar-refractivity contribution in [1.82, 2.24) is 4.90 Å². The third-order valence-corrected chi connectivity index (χ3v) is 5.67. The van der Waals surface area contributed by atoms with E-state index in [0.29, 0.717) is 0 Å². The van der Waals surface area contributed by atoms with Crippen LogP contribution >= 0.6 is 0 Å². The summed E-state index contributed by atoms with van der Waals surface area (Å²) in [5.41, 5.74) is 5.17. The van der Waals surface area contributed by atoms with Gasteiger partial charge in [-0.3, -0.25) is 0 Å². The molecule has 0 amide bonds. The second-order valence-corrected chi connectivity index (χ2v) is 7.73. The number of nitrogens with zero attached hydrogens (tertiary/aromatic N) is 1. The summed E-state index contributed by atoms with van der Waals surface area (Å²) >= 11 is 0. The van der Waals surface area contributed by atoms with Crippen molar-refractivity contribution in [2.75, 3.05) is 6.54 Å². The fourth-order valence-electron chi connectivity index (χ4n) is 4.63. The predicted octanol–water partition coefficient (Wildman–Crippen LogP) is 5.44. The second-order valence-electron chi connectivity index (χ2n) is 7.73. The molecule has 0 N–H and O–H groups in total. The van der Waals surface area contributed by atoms with Crippen LogP contribution in [0.15, 0.2) is 22.9 Å². The molecule has 1 aliphatic heterocycles. The van der Waals surface area contributed by atoms with Crippen molar-refractivity contribution in [3.05, 3.63) is 22.9 Å². The Labute approximate surface area is 125 Å². The maximum atomic E-state index is 2.78. The molecule has 0 spiro atoms. The van der Waals surface area contributed by atoms with Gasteiger partial charge in [0.2, 0.25) is 0 Å². The standard InChI is InChI=1S/C19H31N/c1-15-13-19(2,3)20(14-16-9-5-4-6-10-16)18-12-8-7-11-17(15)18/h13,16H,4-12,14H2,1-3H3. The van der Waals surface area contributed by atoms with Crippen LogP contribution in [-0.2, 0) is 0 Å². The molecule has 0 unspecified atom stereocenters. The van der Waals surface area contributed by atoms with E-state index in [1.165, 1.54) is 64.3 Å². The Morgan fingerprint density at radius 1 is 1.05 bits per heavy atom. The highest BCUT2D eigenvalue weighted by molar-refractivity contribution is 5.41. The SMILES string of the molecule is CC1=CC(C)(C)N(CC2CCCCC2)C2=C1CCCC2. The smallest absolute Gasteiger partial charge is 0.0531 e. The van der Waals surface area contributed by atoms with Gasteiger partial charge < -0.3 is 4.90 Å². The van der Waals surface area contributed by atoms with Crippen molar-refractivity contribution >= 4 is 0 Å². The molecule has 0 aromatic heterocycles. The first-order valence-corrected chi connectivity index (χ1v) is 8.77. The molecule has 0 atom stereocenters. The summed E-state index contributed by atoms with van der Waals surface area (Å²) in [4.78, 5) is 2.78. The van der Waals surface area contributed by atoms with E-state index in [0.717, 1.165) is 5.92 Å². The minimum Gasteiger partial charge on any atom is -0.366 e. The number of hydrogen-bond donors (Lipinski definition) is 0. The van der Waals surface area contributed by atoms with E-state index >= 15 is 0 Å². The highest BCUT2D eigenvalue weighted by atomic mass is 15.2. The Kier molecular flexibility index (Phi) is 3.97. The summed E-state index contributed by atoms with van der Waals surface area (Å²) in [6, 6.07) is 0. The quantitative estimate of drug-likeness (QED) is 0.648. The Bertz CT molecular complexity index is 421. The molecule has 112 valence electrons. The Balaban J connectivity index is 1.84. The zero-order chi connectivity index (χ0) is 14.2. The van der Waals surface area contributed by atoms with Crippen LogP contribution in [0.25, 0.3) is 0 Å². The Morgan fingerprint density at radius 2 is 1.75 bits per heavy atom. The zero-order valence-corrected chi connectivity index (χ0v) is 13.7. The Morgan fingerprint density at radius 3 is 2.50 bits per heavy atom. The summed E-state index contributed by atoms with van der Waals surface area (Å²) in [6.07, 6.45) is 15.2. The minimum atomic E-state index is 0.220. The van der Waals surface area contributed by atoms with E-state index < -0.39 is 0 Å². The molecular formula is C19H31N. The van der Waals surface area contributed by atoms with Gasteiger partial charge in [0.25, 0.3) is 0 Å². The summed E-state index contributed by atoms with van der Waals surface area (Å²) in [5, 5.41) is 0. The summed E-state index contributed by atoms with van der Waals surface area (Å²) in [5.74, 6) is 0.936. The number of rotatable bonds is 2. The van der Waals surface area contributed by atoms with Crippen LogP contribution in [0.3, 0.4) is 0 Å². The van der Waals surface area contributed by atoms with Gasteiger partial charge in [0.05, 0.1) is 5.54 Å². The molecule has 2 aliphatic carbocycles. The maximum Gasteiger partial charge on any atom is 0.0531 e. The third kappa shape index (κ3) is 2.69. The molecule has 1 saturated carbocycles. The molecule has 1 heteroatoms. The van der Waals surface area contributed by atoms with Crippen molar-refractivity contribution in [1.29, 1.82) is 0 Å². The highest BCUT2D eigenvalue weighted by Crippen LogP contribution is 2.41. The molecule has 0 saturated heterocycles. The predicted molar refractivity (Wildman–Crippen MR) is 86.6 cm³/mol. The molecule has 1 fully saturated rings. The lowest BCUT2D eigenvalue weighted by atomic mass is 9.80. The van der Waals surface area contributed by atoms with E-state index in [9.17, 15) is 0 Å². The van der Waals surface area contributed by atoms with Crippen LogP contribution in [0.2, 0.25) is 0 Å². The first kappa shape index (κ1) is 14.2. The molecule has 0 bridgehead atoms. The van der Waals surface area contributed by atoms with E-state index in [1.807, 2.05) is 0 Å². The summed E-state index contributed by atoms with van der Waals surface area (Å²) in [7, 11) is 0. The highest BCUT2D eigenvalue weighted by Gasteiger charge is 2.35. The molecule has 3 aliphatic rings. The van der Waals surface area contributed by atoms with Gasteiger partial charge in [-0.15, -0.1) is 0 Å². The molecule has 20 heavy (non-hydrogen) atoms. The first-order valence-electron chi connectivity index (χ1n) is 8.77. The number of hydrogen-bond acceptors (Lipinski definition) is 1. The van der Waals surface area contributed by atoms with Gasteiger partial charge in [-0.05, 0) is 76.4 Å². The van der Waals surface area contributed by atoms with E-state index in [2.05, 4.69) is 31.7 Å². The summed E-state index contributed by atoms with van der Waals surface area (Å²) < 4.78 is 0. The van der Waals surface area contributed by atoms with Crippen LogP contribution in [0.1, 0.15) is 78.6 Å². The van der Waals surface area contributed by atoms with Gasteiger partial charge in [-0.25, -0.2) is 0 Å². The van der Waals surface area contributed by atoms with Crippen LogP contribution in [-0.4, -0.2) is 17.0 Å². The van der Waals surface area contributed by atoms with Crippen LogP contribution < -0.4 is 0 Å². The van der Waals surface area contributed by atoms with Gasteiger partial charge in [0, 0.05) is 12.2 Å². The van der Waals surface area contributed by atoms with E-state index in [1.54, 1.807) is 16.8 Å². The minimum absolute atomic E-state index is 0.220. The molecule has 0 aromatic rings. The van der Waals surface area contributed by atoms with Crippen LogP contribution in [0, 0.1) is 5.92 Å². The average Bonchev–Trinajstić information content (AvgIpc) is 2.44. The molecule has 0 radical (unpaired) electrons. The molecule has 0 aromatic carbocycles. The van der Waals surface area contributed by atoms with Crippen molar-refractivity contribution in [2.24, 2.45) is 5.92 Å². The van der Waals surface area contributed by atoms with Gasteiger partial charge in [-0.1, -0.05) is 25.3 Å². The van der Waals surface area contributed by atoms with Crippen LogP contribution in [0.5, 0.6) is 0 Å². The molecule has 1 heterocycles. The maximum absolute atomic E-state index is 2.78.